The molecule has 0 amide bonds. The maximum atomic E-state index is 5.80. The van der Waals surface area contributed by atoms with Crippen LogP contribution in [-0.4, -0.2) is 17.1 Å². The van der Waals surface area contributed by atoms with Crippen molar-refractivity contribution in [1.29, 1.82) is 0 Å². The lowest BCUT2D eigenvalue weighted by Gasteiger charge is -2.15. The minimum atomic E-state index is 0.542. The van der Waals surface area contributed by atoms with Crippen LogP contribution in [0.2, 0.25) is 0 Å². The summed E-state index contributed by atoms with van der Waals surface area (Å²) >= 11 is 3.35. The summed E-state index contributed by atoms with van der Waals surface area (Å²) in [5.41, 5.74) is 9.08. The van der Waals surface area contributed by atoms with Gasteiger partial charge < -0.3 is 15.4 Å². The van der Waals surface area contributed by atoms with Crippen LogP contribution >= 0.6 is 15.9 Å². The largest absolute Gasteiger partial charge is 0.480 e. The molecule has 6 heteroatoms. The number of halogens is 1. The fraction of sp³-hybridized carbons (Fsp3) is 0.231. The number of rotatable bonds is 2. The van der Waals surface area contributed by atoms with Crippen LogP contribution in [0.3, 0.4) is 0 Å². The maximum absolute atomic E-state index is 5.80. The standard InChI is InChI=1S/C13H13BrN4O/c1-19-12-11(14)5-16-13(17-12)18-6-8-2-3-10(15)4-9(8)7-18/h2-5H,6-7,15H2,1H3. The number of benzene rings is 1. The van der Waals surface area contributed by atoms with Gasteiger partial charge in [-0.15, -0.1) is 0 Å². The molecule has 0 spiro atoms. The fourth-order valence-corrected chi connectivity index (χ4v) is 2.55. The van der Waals surface area contributed by atoms with Gasteiger partial charge in [-0.2, -0.15) is 4.98 Å². The van der Waals surface area contributed by atoms with Gasteiger partial charge in [-0.3, -0.25) is 0 Å². The topological polar surface area (TPSA) is 64.3 Å². The minimum absolute atomic E-state index is 0.542. The Kier molecular flexibility index (Phi) is 3.02. The quantitative estimate of drug-likeness (QED) is 0.860. The number of methoxy groups -OCH3 is 1. The summed E-state index contributed by atoms with van der Waals surface area (Å²) in [6.45, 7) is 1.56. The van der Waals surface area contributed by atoms with Crippen molar-refractivity contribution in [3.63, 3.8) is 0 Å². The first kappa shape index (κ1) is 12.2. The Morgan fingerprint density at radius 1 is 1.32 bits per heavy atom. The Morgan fingerprint density at radius 2 is 2.11 bits per heavy atom. The first-order chi connectivity index (χ1) is 9.17. The van der Waals surface area contributed by atoms with Gasteiger partial charge in [-0.05, 0) is 39.2 Å². The van der Waals surface area contributed by atoms with Crippen LogP contribution < -0.4 is 15.4 Å². The van der Waals surface area contributed by atoms with E-state index in [1.807, 2.05) is 12.1 Å². The van der Waals surface area contributed by atoms with Crippen molar-refractivity contribution < 1.29 is 4.74 Å². The van der Waals surface area contributed by atoms with Crippen molar-refractivity contribution in [3.8, 4) is 5.88 Å². The first-order valence-corrected chi connectivity index (χ1v) is 6.65. The van der Waals surface area contributed by atoms with Crippen molar-refractivity contribution in [2.24, 2.45) is 0 Å². The number of nitrogens with zero attached hydrogens (tertiary/aromatic N) is 3. The zero-order chi connectivity index (χ0) is 13.4. The van der Waals surface area contributed by atoms with Crippen LogP contribution in [0.5, 0.6) is 5.88 Å². The predicted molar refractivity (Wildman–Crippen MR) is 77.0 cm³/mol. The molecule has 1 aliphatic rings. The Balaban J connectivity index is 1.90. The van der Waals surface area contributed by atoms with E-state index >= 15 is 0 Å². The van der Waals surface area contributed by atoms with E-state index in [1.54, 1.807) is 13.3 Å². The highest BCUT2D eigenvalue weighted by Gasteiger charge is 2.22. The molecule has 0 fully saturated rings. The smallest absolute Gasteiger partial charge is 0.232 e. The molecule has 98 valence electrons. The van der Waals surface area contributed by atoms with Crippen LogP contribution in [0.4, 0.5) is 11.6 Å². The van der Waals surface area contributed by atoms with Crippen LogP contribution in [0, 0.1) is 0 Å². The number of fused-ring (bicyclic) bond motifs is 1. The van der Waals surface area contributed by atoms with E-state index < -0.39 is 0 Å². The number of nitrogens with two attached hydrogens (primary N) is 1. The molecule has 0 saturated heterocycles. The molecule has 0 saturated carbocycles. The van der Waals surface area contributed by atoms with Gasteiger partial charge in [-0.1, -0.05) is 6.07 Å². The van der Waals surface area contributed by atoms with E-state index in [9.17, 15) is 0 Å². The van der Waals surface area contributed by atoms with Gasteiger partial charge in [0.1, 0.15) is 0 Å². The lowest BCUT2D eigenvalue weighted by Crippen LogP contribution is -2.17. The average molecular weight is 321 g/mol. The third-order valence-electron chi connectivity index (χ3n) is 3.13. The van der Waals surface area contributed by atoms with Crippen LogP contribution in [0.25, 0.3) is 0 Å². The second-order valence-corrected chi connectivity index (χ2v) is 5.27. The molecule has 5 nitrogen and oxygen atoms in total. The number of nitrogen functional groups attached to an aromatic ring is 1. The SMILES string of the molecule is COc1nc(N2Cc3ccc(N)cc3C2)ncc1Br. The Bertz CT molecular complexity index is 632. The van der Waals surface area contributed by atoms with Gasteiger partial charge in [0.05, 0.1) is 17.8 Å². The average Bonchev–Trinajstić information content (AvgIpc) is 2.82. The molecular formula is C13H13BrN4O. The molecule has 0 aliphatic carbocycles. The predicted octanol–water partition coefficient (Wildman–Crippen LogP) is 2.35. The molecule has 0 atom stereocenters. The maximum Gasteiger partial charge on any atom is 0.232 e. The summed E-state index contributed by atoms with van der Waals surface area (Å²) in [5.74, 6) is 1.20. The Hall–Kier alpha value is -1.82. The molecule has 1 aromatic carbocycles. The van der Waals surface area contributed by atoms with Crippen molar-refractivity contribution >= 4 is 27.6 Å². The number of hydrogen-bond acceptors (Lipinski definition) is 5. The molecule has 0 unspecified atom stereocenters. The van der Waals surface area contributed by atoms with E-state index in [1.165, 1.54) is 11.1 Å². The van der Waals surface area contributed by atoms with E-state index in [2.05, 4.69) is 36.9 Å². The second kappa shape index (κ2) is 4.70. The summed E-state index contributed by atoms with van der Waals surface area (Å²) in [6, 6.07) is 5.98. The van der Waals surface area contributed by atoms with Gasteiger partial charge in [0.25, 0.3) is 0 Å². The van der Waals surface area contributed by atoms with Crippen molar-refractivity contribution in [2.45, 2.75) is 13.1 Å². The Labute approximate surface area is 119 Å². The number of hydrogen-bond donors (Lipinski definition) is 1. The zero-order valence-corrected chi connectivity index (χ0v) is 12.0. The molecule has 1 aromatic heterocycles. The van der Waals surface area contributed by atoms with E-state index in [4.69, 9.17) is 10.5 Å². The molecule has 2 aromatic rings. The van der Waals surface area contributed by atoms with Gasteiger partial charge in [0, 0.05) is 18.8 Å². The molecule has 0 radical (unpaired) electrons. The van der Waals surface area contributed by atoms with Crippen LogP contribution in [-0.2, 0) is 13.1 Å². The summed E-state index contributed by atoms with van der Waals surface area (Å²) in [7, 11) is 1.59. The highest BCUT2D eigenvalue weighted by atomic mass is 79.9. The zero-order valence-electron chi connectivity index (χ0n) is 10.4. The summed E-state index contributed by atoms with van der Waals surface area (Å²) < 4.78 is 5.95. The second-order valence-electron chi connectivity index (χ2n) is 4.41. The molecule has 2 heterocycles. The van der Waals surface area contributed by atoms with Gasteiger partial charge in [-0.25, -0.2) is 4.98 Å². The molecule has 3 rings (SSSR count). The summed E-state index contributed by atoms with van der Waals surface area (Å²) in [4.78, 5) is 10.8. The lowest BCUT2D eigenvalue weighted by molar-refractivity contribution is 0.393. The van der Waals surface area contributed by atoms with E-state index in [-0.39, 0.29) is 0 Å². The molecule has 2 N–H and O–H groups in total. The van der Waals surface area contributed by atoms with Gasteiger partial charge in [0.15, 0.2) is 0 Å². The molecule has 0 bridgehead atoms. The Morgan fingerprint density at radius 3 is 2.89 bits per heavy atom. The van der Waals surface area contributed by atoms with Gasteiger partial charge in [0.2, 0.25) is 11.8 Å². The summed E-state index contributed by atoms with van der Waals surface area (Å²) in [6.07, 6.45) is 1.71. The van der Waals surface area contributed by atoms with Crippen molar-refractivity contribution in [2.75, 3.05) is 17.7 Å². The van der Waals surface area contributed by atoms with Crippen LogP contribution in [0.1, 0.15) is 11.1 Å². The highest BCUT2D eigenvalue weighted by molar-refractivity contribution is 9.10. The molecule has 19 heavy (non-hydrogen) atoms. The highest BCUT2D eigenvalue weighted by Crippen LogP contribution is 2.30. The van der Waals surface area contributed by atoms with Crippen LogP contribution in [0.15, 0.2) is 28.9 Å². The third-order valence-corrected chi connectivity index (χ3v) is 3.67. The van der Waals surface area contributed by atoms with Crippen molar-refractivity contribution in [3.05, 3.63) is 40.0 Å². The number of anilines is 2. The normalized spacial score (nSPS) is 13.5. The lowest BCUT2D eigenvalue weighted by atomic mass is 10.1. The summed E-state index contributed by atoms with van der Waals surface area (Å²) in [5, 5.41) is 0. The monoisotopic (exact) mass is 320 g/mol. The number of ether oxygens (including phenoxy) is 1. The number of aromatic nitrogens is 2. The van der Waals surface area contributed by atoms with E-state index in [0.717, 1.165) is 23.2 Å². The molecule has 1 aliphatic heterocycles. The molecular weight excluding hydrogens is 308 g/mol. The van der Waals surface area contributed by atoms with Gasteiger partial charge >= 0.3 is 0 Å². The third kappa shape index (κ3) is 2.23. The minimum Gasteiger partial charge on any atom is -0.480 e. The fourth-order valence-electron chi connectivity index (χ4n) is 2.19. The van der Waals surface area contributed by atoms with Crippen molar-refractivity contribution in [1.82, 2.24) is 9.97 Å². The first-order valence-electron chi connectivity index (χ1n) is 5.86. The van der Waals surface area contributed by atoms with E-state index in [0.29, 0.717) is 11.8 Å².